The van der Waals surface area contributed by atoms with E-state index in [9.17, 15) is 13.2 Å². The van der Waals surface area contributed by atoms with Gasteiger partial charge in [-0.25, -0.2) is 8.42 Å². The van der Waals surface area contributed by atoms with Crippen molar-refractivity contribution in [1.82, 2.24) is 0 Å². The second kappa shape index (κ2) is 7.60. The van der Waals surface area contributed by atoms with E-state index in [2.05, 4.69) is 4.72 Å². The Morgan fingerprint density at radius 3 is 2.48 bits per heavy atom. The maximum atomic E-state index is 12.8. The molecule has 1 amide bonds. The Morgan fingerprint density at radius 1 is 1.04 bits per heavy atom. The number of hydrogen-bond acceptors (Lipinski definition) is 4. The molecule has 3 rings (SSSR count). The molecule has 1 aliphatic heterocycles. The zero-order valence-electron chi connectivity index (χ0n) is 15.8. The number of hydrogen-bond donors (Lipinski definition) is 1. The van der Waals surface area contributed by atoms with Gasteiger partial charge in [-0.1, -0.05) is 6.07 Å². The van der Waals surface area contributed by atoms with E-state index in [1.807, 2.05) is 13.0 Å². The van der Waals surface area contributed by atoms with Gasteiger partial charge in [0.15, 0.2) is 0 Å². The Kier molecular flexibility index (Phi) is 5.41. The van der Waals surface area contributed by atoms with Gasteiger partial charge in [-0.2, -0.15) is 0 Å². The first kappa shape index (κ1) is 19.2. The Balaban J connectivity index is 1.91. The van der Waals surface area contributed by atoms with Gasteiger partial charge in [0.2, 0.25) is 5.91 Å². The summed E-state index contributed by atoms with van der Waals surface area (Å²) in [5.74, 6) is 0.683. The highest BCUT2D eigenvalue weighted by atomic mass is 32.2. The molecule has 1 aliphatic rings. The van der Waals surface area contributed by atoms with Crippen molar-refractivity contribution in [2.45, 2.75) is 38.0 Å². The summed E-state index contributed by atoms with van der Waals surface area (Å²) < 4.78 is 33.4. The van der Waals surface area contributed by atoms with Crippen LogP contribution in [-0.4, -0.2) is 28.0 Å². The number of nitrogens with zero attached hydrogens (tertiary/aromatic N) is 1. The third-order valence-corrected chi connectivity index (χ3v) is 6.29. The zero-order chi connectivity index (χ0) is 19.6. The Bertz CT molecular complexity index is 970. The van der Waals surface area contributed by atoms with Gasteiger partial charge in [0, 0.05) is 18.7 Å². The number of aryl methyl sites for hydroxylation is 2. The SMILES string of the molecule is COc1ccc(S(=O)(=O)Nc2ccc(C)c(N3CCCCC3=O)c2)c(C)c1. The molecule has 144 valence electrons. The molecular weight excluding hydrogens is 364 g/mol. The van der Waals surface area contributed by atoms with Crippen molar-refractivity contribution in [2.24, 2.45) is 0 Å². The van der Waals surface area contributed by atoms with Crippen LogP contribution in [0.3, 0.4) is 0 Å². The van der Waals surface area contributed by atoms with Crippen LogP contribution in [0.1, 0.15) is 30.4 Å². The van der Waals surface area contributed by atoms with Crippen molar-refractivity contribution in [3.05, 3.63) is 47.5 Å². The highest BCUT2D eigenvalue weighted by molar-refractivity contribution is 7.92. The minimum absolute atomic E-state index is 0.0790. The lowest BCUT2D eigenvalue weighted by Crippen LogP contribution is -2.35. The van der Waals surface area contributed by atoms with Crippen LogP contribution in [0.25, 0.3) is 0 Å². The molecule has 0 spiro atoms. The van der Waals surface area contributed by atoms with E-state index < -0.39 is 10.0 Å². The largest absolute Gasteiger partial charge is 0.497 e. The van der Waals surface area contributed by atoms with Crippen LogP contribution in [-0.2, 0) is 14.8 Å². The third-order valence-electron chi connectivity index (χ3n) is 4.75. The van der Waals surface area contributed by atoms with Crippen LogP contribution in [0, 0.1) is 13.8 Å². The van der Waals surface area contributed by atoms with Crippen molar-refractivity contribution in [1.29, 1.82) is 0 Å². The number of nitrogens with one attached hydrogen (secondary N) is 1. The van der Waals surface area contributed by atoms with Gasteiger partial charge in [-0.05, 0) is 68.1 Å². The molecule has 0 saturated carbocycles. The lowest BCUT2D eigenvalue weighted by atomic mass is 10.1. The summed E-state index contributed by atoms with van der Waals surface area (Å²) >= 11 is 0. The van der Waals surface area contributed by atoms with E-state index >= 15 is 0 Å². The predicted octanol–water partition coefficient (Wildman–Crippen LogP) is 3.63. The fraction of sp³-hybridized carbons (Fsp3) is 0.350. The summed E-state index contributed by atoms with van der Waals surface area (Å²) in [5.41, 5.74) is 2.73. The fourth-order valence-electron chi connectivity index (χ4n) is 3.28. The molecule has 6 nitrogen and oxygen atoms in total. The second-order valence-corrected chi connectivity index (χ2v) is 8.39. The molecule has 0 aromatic heterocycles. The molecule has 0 radical (unpaired) electrons. The molecule has 1 heterocycles. The number of carbonyl (C=O) groups excluding carboxylic acids is 1. The number of methoxy groups -OCH3 is 1. The molecule has 2 aromatic rings. The summed E-state index contributed by atoms with van der Waals surface area (Å²) in [6.07, 6.45) is 2.38. The first-order valence-corrected chi connectivity index (χ1v) is 10.4. The molecule has 0 bridgehead atoms. The van der Waals surface area contributed by atoms with Gasteiger partial charge in [-0.15, -0.1) is 0 Å². The predicted molar refractivity (Wildman–Crippen MR) is 106 cm³/mol. The van der Waals surface area contributed by atoms with Gasteiger partial charge in [0.1, 0.15) is 5.75 Å². The van der Waals surface area contributed by atoms with E-state index in [4.69, 9.17) is 4.74 Å². The number of ether oxygens (including phenoxy) is 1. The van der Waals surface area contributed by atoms with Crippen LogP contribution in [0.4, 0.5) is 11.4 Å². The third kappa shape index (κ3) is 4.08. The molecule has 1 fully saturated rings. The van der Waals surface area contributed by atoms with Crippen molar-refractivity contribution in [2.75, 3.05) is 23.3 Å². The van der Waals surface area contributed by atoms with Gasteiger partial charge in [0.05, 0.1) is 17.7 Å². The molecule has 1 N–H and O–H groups in total. The number of sulfonamides is 1. The summed E-state index contributed by atoms with van der Waals surface area (Å²) in [6.45, 7) is 4.31. The van der Waals surface area contributed by atoms with E-state index in [0.29, 0.717) is 30.0 Å². The smallest absolute Gasteiger partial charge is 0.262 e. The average Bonchev–Trinajstić information content (AvgIpc) is 2.63. The summed E-state index contributed by atoms with van der Waals surface area (Å²) in [5, 5.41) is 0. The number of anilines is 2. The minimum Gasteiger partial charge on any atom is -0.497 e. The highest BCUT2D eigenvalue weighted by Crippen LogP contribution is 2.29. The molecule has 0 unspecified atom stereocenters. The van der Waals surface area contributed by atoms with Crippen LogP contribution < -0.4 is 14.4 Å². The minimum atomic E-state index is -3.75. The van der Waals surface area contributed by atoms with Gasteiger partial charge < -0.3 is 9.64 Å². The van der Waals surface area contributed by atoms with Crippen LogP contribution in [0.5, 0.6) is 5.75 Å². The van der Waals surface area contributed by atoms with Crippen molar-refractivity contribution in [3.63, 3.8) is 0 Å². The molecule has 0 aliphatic carbocycles. The van der Waals surface area contributed by atoms with Crippen LogP contribution in [0.15, 0.2) is 41.3 Å². The highest BCUT2D eigenvalue weighted by Gasteiger charge is 2.23. The Morgan fingerprint density at radius 2 is 1.81 bits per heavy atom. The normalized spacial score (nSPS) is 14.9. The molecule has 1 saturated heterocycles. The quantitative estimate of drug-likeness (QED) is 0.849. The number of carbonyl (C=O) groups is 1. The topological polar surface area (TPSA) is 75.7 Å². The van der Waals surface area contributed by atoms with Gasteiger partial charge >= 0.3 is 0 Å². The number of amides is 1. The number of piperidine rings is 1. The maximum Gasteiger partial charge on any atom is 0.262 e. The average molecular weight is 388 g/mol. The number of rotatable bonds is 5. The van der Waals surface area contributed by atoms with E-state index in [-0.39, 0.29) is 10.8 Å². The van der Waals surface area contributed by atoms with Gasteiger partial charge in [-0.3, -0.25) is 9.52 Å². The van der Waals surface area contributed by atoms with Crippen molar-refractivity contribution < 1.29 is 17.9 Å². The van der Waals surface area contributed by atoms with Crippen molar-refractivity contribution >= 4 is 27.3 Å². The summed E-state index contributed by atoms with van der Waals surface area (Å²) in [6, 6.07) is 10.1. The van der Waals surface area contributed by atoms with E-state index in [1.54, 1.807) is 36.1 Å². The monoisotopic (exact) mass is 388 g/mol. The Hall–Kier alpha value is -2.54. The zero-order valence-corrected chi connectivity index (χ0v) is 16.6. The lowest BCUT2D eigenvalue weighted by Gasteiger charge is -2.28. The van der Waals surface area contributed by atoms with E-state index in [0.717, 1.165) is 24.1 Å². The molecule has 2 aromatic carbocycles. The standard InChI is InChI=1S/C20H24N2O4S/c1-14-7-8-16(13-18(14)22-11-5-4-6-20(22)23)21-27(24,25)19-10-9-17(26-3)12-15(19)2/h7-10,12-13,21H,4-6,11H2,1-3H3. The first-order chi connectivity index (χ1) is 12.8. The molecule has 7 heteroatoms. The molecular formula is C20H24N2O4S. The lowest BCUT2D eigenvalue weighted by molar-refractivity contribution is -0.119. The van der Waals surface area contributed by atoms with Crippen molar-refractivity contribution in [3.8, 4) is 5.75 Å². The van der Waals surface area contributed by atoms with Gasteiger partial charge in [0.25, 0.3) is 10.0 Å². The fourth-order valence-corrected chi connectivity index (χ4v) is 4.56. The molecule has 27 heavy (non-hydrogen) atoms. The van der Waals surface area contributed by atoms with Crippen LogP contribution in [0.2, 0.25) is 0 Å². The first-order valence-electron chi connectivity index (χ1n) is 8.90. The van der Waals surface area contributed by atoms with Crippen LogP contribution >= 0.6 is 0 Å². The Labute approximate surface area is 160 Å². The second-order valence-electron chi connectivity index (χ2n) is 6.74. The maximum absolute atomic E-state index is 12.8. The number of benzene rings is 2. The molecule has 0 atom stereocenters. The summed E-state index contributed by atoms with van der Waals surface area (Å²) in [4.78, 5) is 14.2. The summed E-state index contributed by atoms with van der Waals surface area (Å²) in [7, 11) is -2.21. The van der Waals surface area contributed by atoms with E-state index in [1.165, 1.54) is 13.2 Å².